The summed E-state index contributed by atoms with van der Waals surface area (Å²) in [5, 5.41) is 8.46. The predicted molar refractivity (Wildman–Crippen MR) is 42.2 cm³/mol. The van der Waals surface area contributed by atoms with Gasteiger partial charge in [-0.2, -0.15) is 0 Å². The van der Waals surface area contributed by atoms with Crippen LogP contribution in [0.3, 0.4) is 0 Å². The molecule has 0 aromatic carbocycles. The molecule has 0 bridgehead atoms. The molecule has 0 saturated carbocycles. The molecule has 1 aromatic heterocycles. The number of carboxylic acid groups (broad SMARTS) is 1. The topological polar surface area (TPSA) is 55.1 Å². The molecule has 4 nitrogen and oxygen atoms in total. The minimum Gasteiger partial charge on any atom is -0.488 e. The molecule has 1 N–H and O–H groups in total. The molecular formula is C6H9BN2O2. The lowest BCUT2D eigenvalue weighted by atomic mass is 9.95. The molecule has 0 radical (unpaired) electrons. The van der Waals surface area contributed by atoms with Crippen molar-refractivity contribution in [2.45, 2.75) is 13.3 Å². The fourth-order valence-electron chi connectivity index (χ4n) is 0.944. The van der Waals surface area contributed by atoms with Crippen molar-refractivity contribution in [3.05, 3.63) is 18.2 Å². The molecule has 0 amide bonds. The Labute approximate surface area is 65.1 Å². The summed E-state index contributed by atoms with van der Waals surface area (Å²) in [6.45, 7) is 1.95. The van der Waals surface area contributed by atoms with Gasteiger partial charge in [-0.05, 0) is 0 Å². The first-order chi connectivity index (χ1) is 5.24. The molecule has 1 aromatic rings. The van der Waals surface area contributed by atoms with E-state index in [1.807, 2.05) is 6.92 Å². The van der Waals surface area contributed by atoms with E-state index in [0.717, 1.165) is 12.2 Å². The molecule has 0 aliphatic carbocycles. The average molecular weight is 152 g/mol. The maximum Gasteiger partial charge on any atom is 0.375 e. The Morgan fingerprint density at radius 1 is 1.91 bits per heavy atom. The van der Waals surface area contributed by atoms with Crippen LogP contribution < -0.4 is 0 Å². The third-order valence-corrected chi connectivity index (χ3v) is 1.42. The van der Waals surface area contributed by atoms with Gasteiger partial charge in [-0.25, -0.2) is 4.98 Å². The van der Waals surface area contributed by atoms with Gasteiger partial charge in [-0.1, -0.05) is 6.92 Å². The molecule has 0 unspecified atom stereocenters. The van der Waals surface area contributed by atoms with Crippen LogP contribution in [0.25, 0.3) is 0 Å². The average Bonchev–Trinajstić information content (AvgIpc) is 2.34. The van der Waals surface area contributed by atoms with Gasteiger partial charge in [-0.3, -0.25) is 4.79 Å². The van der Waals surface area contributed by atoms with Crippen molar-refractivity contribution in [1.82, 2.24) is 9.46 Å². The van der Waals surface area contributed by atoms with Gasteiger partial charge in [0.05, 0.1) is 5.82 Å². The van der Waals surface area contributed by atoms with Gasteiger partial charge < -0.3 is 9.58 Å². The fraction of sp³-hybridized carbons (Fsp3) is 0.333. The van der Waals surface area contributed by atoms with Crippen LogP contribution in [0.2, 0.25) is 0 Å². The highest BCUT2D eigenvalue weighted by molar-refractivity contribution is 6.70. The van der Waals surface area contributed by atoms with E-state index in [9.17, 15) is 4.79 Å². The summed E-state index contributed by atoms with van der Waals surface area (Å²) in [5.74, 6) is -0.0231. The van der Waals surface area contributed by atoms with E-state index in [0.29, 0.717) is 0 Å². The van der Waals surface area contributed by atoms with Crippen LogP contribution in [0.5, 0.6) is 0 Å². The zero-order valence-corrected chi connectivity index (χ0v) is 6.32. The van der Waals surface area contributed by atoms with Crippen LogP contribution in [0.4, 0.5) is 4.79 Å². The van der Waals surface area contributed by atoms with Crippen LogP contribution in [0.15, 0.2) is 12.4 Å². The minimum atomic E-state index is -0.835. The monoisotopic (exact) mass is 152 g/mol. The number of aryl methyl sites for hydroxylation is 1. The van der Waals surface area contributed by atoms with E-state index in [1.54, 1.807) is 16.9 Å². The van der Waals surface area contributed by atoms with Crippen molar-refractivity contribution in [3.63, 3.8) is 0 Å². The number of rotatable bonds is 3. The Kier molecular flexibility index (Phi) is 2.30. The number of aromatic nitrogens is 2. The number of carbonyl (C=O) groups is 1. The number of hydrogen-bond donors (Lipinski definition) is 1. The zero-order valence-electron chi connectivity index (χ0n) is 6.32. The van der Waals surface area contributed by atoms with Gasteiger partial charge in [0.15, 0.2) is 0 Å². The van der Waals surface area contributed by atoms with Gasteiger partial charge >= 0.3 is 7.41 Å². The standard InChI is InChI=1S/C6H9BN2O2/c1-2-5-8-3-4-9(5)7-6(10)11/h3-4,7H,2H2,1H3,(H,10,11). The van der Waals surface area contributed by atoms with E-state index < -0.39 is 5.87 Å². The van der Waals surface area contributed by atoms with Crippen molar-refractivity contribution in [2.24, 2.45) is 0 Å². The molecule has 0 aliphatic rings. The Hall–Kier alpha value is -1.26. The van der Waals surface area contributed by atoms with Gasteiger partial charge in [0.1, 0.15) is 0 Å². The van der Waals surface area contributed by atoms with Crippen molar-refractivity contribution < 1.29 is 9.90 Å². The quantitative estimate of drug-likeness (QED) is 0.634. The summed E-state index contributed by atoms with van der Waals surface area (Å²) in [6.07, 6.45) is 4.05. The molecule has 5 heteroatoms. The molecule has 0 saturated heterocycles. The lowest BCUT2D eigenvalue weighted by Gasteiger charge is -1.99. The van der Waals surface area contributed by atoms with E-state index in [1.165, 1.54) is 0 Å². The second kappa shape index (κ2) is 3.23. The van der Waals surface area contributed by atoms with Gasteiger partial charge in [-0.15, -0.1) is 0 Å². The van der Waals surface area contributed by atoms with E-state index in [4.69, 9.17) is 5.11 Å². The second-order valence-corrected chi connectivity index (χ2v) is 2.22. The molecule has 0 atom stereocenters. The Morgan fingerprint density at radius 2 is 2.64 bits per heavy atom. The van der Waals surface area contributed by atoms with Crippen molar-refractivity contribution in [1.29, 1.82) is 0 Å². The van der Waals surface area contributed by atoms with Gasteiger partial charge in [0.2, 0.25) is 0 Å². The highest BCUT2D eigenvalue weighted by atomic mass is 16.4. The largest absolute Gasteiger partial charge is 0.488 e. The Bertz CT molecular complexity index is 259. The normalized spacial score (nSPS) is 9.55. The Morgan fingerprint density at radius 3 is 3.18 bits per heavy atom. The van der Waals surface area contributed by atoms with Gasteiger partial charge in [0.25, 0.3) is 5.87 Å². The molecule has 0 aliphatic heterocycles. The van der Waals surface area contributed by atoms with Crippen LogP contribution >= 0.6 is 0 Å². The van der Waals surface area contributed by atoms with Crippen LogP contribution in [0.1, 0.15) is 12.7 Å². The summed E-state index contributed by atoms with van der Waals surface area (Å²) < 4.78 is 1.63. The van der Waals surface area contributed by atoms with Gasteiger partial charge in [0, 0.05) is 18.8 Å². The molecule has 0 spiro atoms. The summed E-state index contributed by atoms with van der Waals surface area (Å²) >= 11 is 0. The molecular weight excluding hydrogens is 143 g/mol. The smallest absolute Gasteiger partial charge is 0.375 e. The zero-order chi connectivity index (χ0) is 8.27. The summed E-state index contributed by atoms with van der Waals surface area (Å²) in [4.78, 5) is 14.3. The first-order valence-corrected chi connectivity index (χ1v) is 3.46. The van der Waals surface area contributed by atoms with Crippen molar-refractivity contribution in [2.75, 3.05) is 0 Å². The van der Waals surface area contributed by atoms with Crippen molar-refractivity contribution >= 4 is 13.3 Å². The highest BCUT2D eigenvalue weighted by Gasteiger charge is 2.06. The SMILES string of the molecule is CCc1nccn1BC(=O)O. The van der Waals surface area contributed by atoms with E-state index in [-0.39, 0.29) is 7.41 Å². The molecule has 0 fully saturated rings. The molecule has 1 rings (SSSR count). The van der Waals surface area contributed by atoms with Crippen LogP contribution in [0, 0.1) is 0 Å². The summed E-state index contributed by atoms with van der Waals surface area (Å²) in [7, 11) is 0.00315. The second-order valence-electron chi connectivity index (χ2n) is 2.22. The molecule has 11 heavy (non-hydrogen) atoms. The summed E-state index contributed by atoms with van der Waals surface area (Å²) in [5.41, 5.74) is 0. The predicted octanol–water partition coefficient (Wildman–Crippen LogP) is 0.323. The fourth-order valence-corrected chi connectivity index (χ4v) is 0.944. The van der Waals surface area contributed by atoms with Crippen molar-refractivity contribution in [3.8, 4) is 0 Å². The number of imidazole rings is 1. The lowest BCUT2D eigenvalue weighted by molar-refractivity contribution is 0.219. The highest BCUT2D eigenvalue weighted by Crippen LogP contribution is 1.94. The third kappa shape index (κ3) is 1.83. The van der Waals surface area contributed by atoms with E-state index >= 15 is 0 Å². The first kappa shape index (κ1) is 7.85. The van der Waals surface area contributed by atoms with Crippen LogP contribution in [-0.2, 0) is 6.42 Å². The van der Waals surface area contributed by atoms with Crippen LogP contribution in [-0.4, -0.2) is 27.9 Å². The maximum atomic E-state index is 10.3. The minimum absolute atomic E-state index is 0.00315. The Balaban J connectivity index is 2.76. The molecule has 1 heterocycles. The first-order valence-electron chi connectivity index (χ1n) is 3.46. The molecule has 58 valence electrons. The van der Waals surface area contributed by atoms with E-state index in [2.05, 4.69) is 4.98 Å². The lowest BCUT2D eigenvalue weighted by Crippen LogP contribution is -2.17. The third-order valence-electron chi connectivity index (χ3n) is 1.42. The number of hydrogen-bond acceptors (Lipinski definition) is 2. The summed E-state index contributed by atoms with van der Waals surface area (Å²) in [6, 6.07) is 0. The number of nitrogens with zero attached hydrogens (tertiary/aromatic N) is 2. The maximum absolute atomic E-state index is 10.3.